The molecule has 164 valence electrons. The van der Waals surface area contributed by atoms with Gasteiger partial charge in [0.15, 0.2) is 0 Å². The number of benzene rings is 1. The number of nitrogens with one attached hydrogen (secondary N) is 2. The molecule has 3 aromatic heterocycles. The van der Waals surface area contributed by atoms with Gasteiger partial charge >= 0.3 is 0 Å². The van der Waals surface area contributed by atoms with Gasteiger partial charge in [-0.2, -0.15) is 5.26 Å². The minimum absolute atomic E-state index is 0.0272. The fraction of sp³-hybridized carbons (Fsp3) is 0.130. The molecule has 4 aromatic rings. The van der Waals surface area contributed by atoms with E-state index in [1.165, 1.54) is 18.3 Å². The predicted octanol–water partition coefficient (Wildman–Crippen LogP) is 3.51. The van der Waals surface area contributed by atoms with Crippen LogP contribution in [0.25, 0.3) is 22.2 Å². The van der Waals surface area contributed by atoms with Gasteiger partial charge in [-0.15, -0.1) is 0 Å². The normalized spacial score (nSPS) is 13.1. The number of anilines is 3. The zero-order valence-corrected chi connectivity index (χ0v) is 18.1. The van der Waals surface area contributed by atoms with Crippen molar-refractivity contribution in [1.82, 2.24) is 15.0 Å². The lowest BCUT2D eigenvalue weighted by atomic mass is 10.0. The molecule has 0 radical (unpaired) electrons. The molecule has 1 saturated carbocycles. The van der Waals surface area contributed by atoms with Crippen LogP contribution in [0, 0.1) is 17.2 Å². The molecular weight excluding hydrogens is 440 g/mol. The SMILES string of the molecule is N#Cc1ccc(N(c2ccc(-c3cc(NC(=O)C4CC4)nc4[nH]ccc34)cc2)[SH](=O)=O)cn1. The van der Waals surface area contributed by atoms with Crippen molar-refractivity contribution in [2.75, 3.05) is 9.62 Å². The Morgan fingerprint density at radius 1 is 1.12 bits per heavy atom. The van der Waals surface area contributed by atoms with Crippen LogP contribution in [0.3, 0.4) is 0 Å². The highest BCUT2D eigenvalue weighted by Crippen LogP contribution is 2.34. The van der Waals surface area contributed by atoms with E-state index in [1.54, 1.807) is 18.3 Å². The second-order valence-electron chi connectivity index (χ2n) is 7.67. The third-order valence-electron chi connectivity index (χ3n) is 5.42. The van der Waals surface area contributed by atoms with E-state index in [0.29, 0.717) is 22.8 Å². The third kappa shape index (κ3) is 4.14. The van der Waals surface area contributed by atoms with Gasteiger partial charge in [-0.05, 0) is 60.4 Å². The molecular formula is C23H18N6O3S. The first-order chi connectivity index (χ1) is 16.0. The van der Waals surface area contributed by atoms with Crippen molar-refractivity contribution in [2.24, 2.45) is 5.92 Å². The number of thiol groups is 1. The summed E-state index contributed by atoms with van der Waals surface area (Å²) in [6, 6.07) is 15.6. The van der Waals surface area contributed by atoms with Gasteiger partial charge < -0.3 is 10.3 Å². The summed E-state index contributed by atoms with van der Waals surface area (Å²) in [6.45, 7) is 0. The maximum absolute atomic E-state index is 12.2. The van der Waals surface area contributed by atoms with Gasteiger partial charge in [0.1, 0.15) is 23.2 Å². The number of hydrogen-bond donors (Lipinski definition) is 3. The first-order valence-corrected chi connectivity index (χ1v) is 11.4. The van der Waals surface area contributed by atoms with Crippen molar-refractivity contribution < 1.29 is 13.2 Å². The molecule has 0 spiro atoms. The number of rotatable bonds is 6. The number of nitrogens with zero attached hydrogens (tertiary/aromatic N) is 4. The molecule has 2 N–H and O–H groups in total. The topological polar surface area (TPSA) is 132 Å². The lowest BCUT2D eigenvalue weighted by Crippen LogP contribution is -2.15. The van der Waals surface area contributed by atoms with Gasteiger partial charge in [0.05, 0.1) is 17.6 Å². The second-order valence-corrected chi connectivity index (χ2v) is 8.54. The number of aromatic nitrogens is 3. The predicted molar refractivity (Wildman–Crippen MR) is 124 cm³/mol. The lowest BCUT2D eigenvalue weighted by molar-refractivity contribution is -0.117. The highest BCUT2D eigenvalue weighted by atomic mass is 32.2. The molecule has 1 fully saturated rings. The van der Waals surface area contributed by atoms with Crippen LogP contribution >= 0.6 is 0 Å². The molecule has 1 aromatic carbocycles. The molecule has 3 heterocycles. The van der Waals surface area contributed by atoms with Gasteiger partial charge in [0.2, 0.25) is 16.8 Å². The molecule has 1 amide bonds. The van der Waals surface area contributed by atoms with Gasteiger partial charge in [0.25, 0.3) is 0 Å². The molecule has 0 aliphatic heterocycles. The molecule has 1 aliphatic carbocycles. The maximum Gasteiger partial charge on any atom is 0.229 e. The van der Waals surface area contributed by atoms with E-state index in [2.05, 4.69) is 20.3 Å². The summed E-state index contributed by atoms with van der Waals surface area (Å²) >= 11 is 0. The summed E-state index contributed by atoms with van der Waals surface area (Å²) < 4.78 is 25.1. The van der Waals surface area contributed by atoms with E-state index in [-0.39, 0.29) is 17.5 Å². The Kier molecular flexibility index (Phi) is 5.24. The van der Waals surface area contributed by atoms with E-state index in [1.807, 2.05) is 30.3 Å². The van der Waals surface area contributed by atoms with Crippen LogP contribution in [0.2, 0.25) is 0 Å². The van der Waals surface area contributed by atoms with E-state index >= 15 is 0 Å². The van der Waals surface area contributed by atoms with Crippen LogP contribution in [0.15, 0.2) is 60.9 Å². The number of H-pyrrole nitrogens is 1. The van der Waals surface area contributed by atoms with Gasteiger partial charge in [0, 0.05) is 17.5 Å². The number of amides is 1. The summed E-state index contributed by atoms with van der Waals surface area (Å²) in [5.74, 6) is 0.500. The zero-order chi connectivity index (χ0) is 22.9. The largest absolute Gasteiger partial charge is 0.346 e. The van der Waals surface area contributed by atoms with Crippen molar-refractivity contribution in [1.29, 1.82) is 5.26 Å². The Morgan fingerprint density at radius 2 is 1.88 bits per heavy atom. The van der Waals surface area contributed by atoms with Crippen LogP contribution in [0.1, 0.15) is 18.5 Å². The quantitative estimate of drug-likeness (QED) is 0.379. The van der Waals surface area contributed by atoms with Crippen molar-refractivity contribution in [2.45, 2.75) is 12.8 Å². The zero-order valence-electron chi connectivity index (χ0n) is 17.2. The Labute approximate surface area is 190 Å². The summed E-state index contributed by atoms with van der Waals surface area (Å²) in [5, 5.41) is 12.7. The minimum Gasteiger partial charge on any atom is -0.346 e. The van der Waals surface area contributed by atoms with E-state index in [0.717, 1.165) is 33.7 Å². The Hall–Kier alpha value is -4.23. The van der Waals surface area contributed by atoms with Crippen LogP contribution in [-0.2, 0) is 15.7 Å². The maximum atomic E-state index is 12.2. The first kappa shape index (κ1) is 20.7. The summed E-state index contributed by atoms with van der Waals surface area (Å²) in [5.41, 5.74) is 3.31. The van der Waals surface area contributed by atoms with Gasteiger partial charge in [-0.1, -0.05) is 12.1 Å². The fourth-order valence-electron chi connectivity index (χ4n) is 3.61. The third-order valence-corrected chi connectivity index (χ3v) is 6.21. The minimum atomic E-state index is -2.98. The van der Waals surface area contributed by atoms with Crippen molar-refractivity contribution in [3.05, 3.63) is 66.6 Å². The number of nitriles is 1. The molecule has 1 aliphatic rings. The van der Waals surface area contributed by atoms with Crippen molar-refractivity contribution in [3.63, 3.8) is 0 Å². The van der Waals surface area contributed by atoms with Gasteiger partial charge in [-0.25, -0.2) is 22.7 Å². The molecule has 0 saturated heterocycles. The van der Waals surface area contributed by atoms with Gasteiger partial charge in [-0.3, -0.25) is 4.79 Å². The molecule has 5 rings (SSSR count). The average Bonchev–Trinajstić information content (AvgIpc) is 3.57. The molecule has 10 heteroatoms. The summed E-state index contributed by atoms with van der Waals surface area (Å²) in [7, 11) is -2.98. The summed E-state index contributed by atoms with van der Waals surface area (Å²) in [6.07, 6.45) is 4.93. The molecule has 9 nitrogen and oxygen atoms in total. The summed E-state index contributed by atoms with van der Waals surface area (Å²) in [4.78, 5) is 23.7. The molecule has 0 unspecified atom stereocenters. The number of hydrogen-bond acceptors (Lipinski definition) is 6. The Bertz CT molecular complexity index is 1460. The first-order valence-electron chi connectivity index (χ1n) is 10.2. The number of fused-ring (bicyclic) bond motifs is 1. The average molecular weight is 459 g/mol. The lowest BCUT2D eigenvalue weighted by Gasteiger charge is -2.18. The van der Waals surface area contributed by atoms with Crippen LogP contribution in [0.4, 0.5) is 17.2 Å². The van der Waals surface area contributed by atoms with E-state index in [9.17, 15) is 13.2 Å². The molecule has 0 atom stereocenters. The smallest absolute Gasteiger partial charge is 0.229 e. The van der Waals surface area contributed by atoms with Crippen molar-refractivity contribution in [3.8, 4) is 17.2 Å². The highest BCUT2D eigenvalue weighted by molar-refractivity contribution is 7.74. The van der Waals surface area contributed by atoms with Crippen LogP contribution in [0.5, 0.6) is 0 Å². The van der Waals surface area contributed by atoms with E-state index < -0.39 is 10.9 Å². The number of aromatic amines is 1. The monoisotopic (exact) mass is 458 g/mol. The van der Waals surface area contributed by atoms with Crippen molar-refractivity contribution >= 4 is 45.0 Å². The standard InChI is InChI=1S/C23H18N6O3S/c24-12-16-5-8-18(13-26-16)29(33(31)32)17-6-3-14(4-7-17)20-11-21(28-23(30)15-1-2-15)27-22-19(20)9-10-25-22/h3-11,13,15,33H,1-2H2,(H2,25,27,28,30). The highest BCUT2D eigenvalue weighted by Gasteiger charge is 2.30. The number of carbonyl (C=O) groups is 1. The van der Waals surface area contributed by atoms with E-state index in [4.69, 9.17) is 5.26 Å². The van der Waals surface area contributed by atoms with Crippen LogP contribution < -0.4 is 9.62 Å². The Morgan fingerprint density at radius 3 is 2.52 bits per heavy atom. The molecule has 33 heavy (non-hydrogen) atoms. The molecule has 0 bridgehead atoms. The number of carbonyl (C=O) groups excluding carboxylic acids is 1. The Balaban J connectivity index is 1.50. The van der Waals surface area contributed by atoms with Crippen LogP contribution in [-0.4, -0.2) is 29.3 Å². The fourth-order valence-corrected chi connectivity index (χ4v) is 4.24. The second kappa shape index (κ2) is 8.37. The number of pyridine rings is 2.